The molecular weight excluding hydrogens is 359 g/mol. The number of benzene rings is 1. The third-order valence-corrected chi connectivity index (χ3v) is 4.42. The fourth-order valence-electron chi connectivity index (χ4n) is 1.93. The molecule has 1 heterocycles. The van der Waals surface area contributed by atoms with Crippen LogP contribution in [0, 0.1) is 17.4 Å². The number of aromatic nitrogens is 2. The molecular formula is C14H14ClIN2. The van der Waals surface area contributed by atoms with E-state index >= 15 is 0 Å². The summed E-state index contributed by atoms with van der Waals surface area (Å²) >= 11 is 8.37. The van der Waals surface area contributed by atoms with Gasteiger partial charge in [-0.25, -0.2) is 9.97 Å². The number of halogens is 2. The molecule has 0 spiro atoms. The zero-order valence-corrected chi connectivity index (χ0v) is 13.5. The first-order chi connectivity index (χ1) is 8.51. The van der Waals surface area contributed by atoms with Gasteiger partial charge in [0.25, 0.3) is 0 Å². The molecule has 1 aromatic heterocycles. The van der Waals surface area contributed by atoms with E-state index in [9.17, 15) is 0 Å². The Labute approximate surface area is 126 Å². The second kappa shape index (κ2) is 5.53. The second-order valence-corrected chi connectivity index (χ2v) is 5.77. The molecule has 0 atom stereocenters. The van der Waals surface area contributed by atoms with E-state index < -0.39 is 0 Å². The molecule has 0 saturated heterocycles. The van der Waals surface area contributed by atoms with Gasteiger partial charge in [-0.05, 0) is 55.0 Å². The molecule has 94 valence electrons. The van der Waals surface area contributed by atoms with Gasteiger partial charge >= 0.3 is 0 Å². The SMILES string of the molecule is CCc1nc(-c2cc(C)cc(C)c2)nc(Cl)c1I. The minimum absolute atomic E-state index is 0.539. The molecule has 0 N–H and O–H groups in total. The predicted octanol–water partition coefficient (Wildman–Crippen LogP) is 4.58. The molecule has 0 fully saturated rings. The number of hydrogen-bond donors (Lipinski definition) is 0. The third kappa shape index (κ3) is 2.83. The molecule has 0 radical (unpaired) electrons. The zero-order valence-electron chi connectivity index (χ0n) is 10.6. The van der Waals surface area contributed by atoms with Crippen molar-refractivity contribution in [3.05, 3.63) is 43.7 Å². The van der Waals surface area contributed by atoms with Crippen LogP contribution in [0.5, 0.6) is 0 Å². The molecule has 1 aromatic carbocycles. The molecule has 2 nitrogen and oxygen atoms in total. The average molecular weight is 373 g/mol. The van der Waals surface area contributed by atoms with Gasteiger partial charge < -0.3 is 0 Å². The summed E-state index contributed by atoms with van der Waals surface area (Å²) in [6.45, 7) is 6.23. The van der Waals surface area contributed by atoms with E-state index in [-0.39, 0.29) is 0 Å². The molecule has 0 saturated carbocycles. The Morgan fingerprint density at radius 2 is 1.72 bits per heavy atom. The molecule has 0 amide bonds. The highest BCUT2D eigenvalue weighted by Crippen LogP contribution is 2.25. The molecule has 0 bridgehead atoms. The molecule has 18 heavy (non-hydrogen) atoms. The van der Waals surface area contributed by atoms with Crippen LogP contribution in [-0.2, 0) is 6.42 Å². The van der Waals surface area contributed by atoms with Gasteiger partial charge in [-0.15, -0.1) is 0 Å². The largest absolute Gasteiger partial charge is 0.232 e. The Kier molecular flexibility index (Phi) is 4.22. The van der Waals surface area contributed by atoms with Gasteiger partial charge in [-0.3, -0.25) is 0 Å². The lowest BCUT2D eigenvalue weighted by atomic mass is 10.1. The lowest BCUT2D eigenvalue weighted by Crippen LogP contribution is -2.00. The monoisotopic (exact) mass is 372 g/mol. The van der Waals surface area contributed by atoms with Crippen molar-refractivity contribution < 1.29 is 0 Å². The van der Waals surface area contributed by atoms with Crippen LogP contribution < -0.4 is 0 Å². The predicted molar refractivity (Wildman–Crippen MR) is 84.0 cm³/mol. The van der Waals surface area contributed by atoms with Crippen LogP contribution in [-0.4, -0.2) is 9.97 Å². The summed E-state index contributed by atoms with van der Waals surface area (Å²) in [5.74, 6) is 0.712. The zero-order chi connectivity index (χ0) is 13.3. The number of hydrogen-bond acceptors (Lipinski definition) is 2. The smallest absolute Gasteiger partial charge is 0.161 e. The Bertz CT molecular complexity index is 576. The van der Waals surface area contributed by atoms with Crippen LogP contribution in [0.1, 0.15) is 23.7 Å². The fraction of sp³-hybridized carbons (Fsp3) is 0.286. The highest BCUT2D eigenvalue weighted by Gasteiger charge is 2.11. The summed E-state index contributed by atoms with van der Waals surface area (Å²) in [4.78, 5) is 8.98. The van der Waals surface area contributed by atoms with Crippen molar-refractivity contribution in [3.63, 3.8) is 0 Å². The van der Waals surface area contributed by atoms with Gasteiger partial charge in [-0.2, -0.15) is 0 Å². The molecule has 0 aliphatic rings. The van der Waals surface area contributed by atoms with Crippen LogP contribution in [0.4, 0.5) is 0 Å². The summed E-state index contributed by atoms with van der Waals surface area (Å²) in [6, 6.07) is 6.31. The van der Waals surface area contributed by atoms with E-state index in [1.54, 1.807) is 0 Å². The van der Waals surface area contributed by atoms with Crippen molar-refractivity contribution in [1.29, 1.82) is 0 Å². The molecule has 0 unspecified atom stereocenters. The Hall–Kier alpha value is -0.680. The minimum Gasteiger partial charge on any atom is -0.232 e. The number of rotatable bonds is 2. The van der Waals surface area contributed by atoms with Gasteiger partial charge in [0, 0.05) is 5.56 Å². The topological polar surface area (TPSA) is 25.8 Å². The minimum atomic E-state index is 0.539. The third-order valence-electron chi connectivity index (χ3n) is 2.69. The van der Waals surface area contributed by atoms with Gasteiger partial charge in [0.1, 0.15) is 5.15 Å². The number of nitrogens with zero attached hydrogens (tertiary/aromatic N) is 2. The summed E-state index contributed by atoms with van der Waals surface area (Å²) in [5, 5.41) is 0.539. The fourth-order valence-corrected chi connectivity index (χ4v) is 2.74. The maximum Gasteiger partial charge on any atom is 0.161 e. The highest BCUT2D eigenvalue weighted by atomic mass is 127. The quantitative estimate of drug-likeness (QED) is 0.569. The van der Waals surface area contributed by atoms with Crippen LogP contribution in [0.15, 0.2) is 18.2 Å². The van der Waals surface area contributed by atoms with Crippen molar-refractivity contribution >= 4 is 34.2 Å². The van der Waals surface area contributed by atoms with E-state index in [1.165, 1.54) is 11.1 Å². The van der Waals surface area contributed by atoms with E-state index in [1.807, 2.05) is 0 Å². The first-order valence-corrected chi connectivity index (χ1v) is 7.27. The van der Waals surface area contributed by atoms with Crippen molar-refractivity contribution in [2.45, 2.75) is 27.2 Å². The highest BCUT2D eigenvalue weighted by molar-refractivity contribution is 14.1. The van der Waals surface area contributed by atoms with Crippen molar-refractivity contribution in [3.8, 4) is 11.4 Å². The van der Waals surface area contributed by atoms with Gasteiger partial charge in [0.05, 0.1) is 9.26 Å². The van der Waals surface area contributed by atoms with Crippen molar-refractivity contribution in [1.82, 2.24) is 9.97 Å². The first-order valence-electron chi connectivity index (χ1n) is 5.82. The second-order valence-electron chi connectivity index (χ2n) is 4.33. The Morgan fingerprint density at radius 3 is 2.28 bits per heavy atom. The molecule has 2 rings (SSSR count). The maximum absolute atomic E-state index is 6.17. The molecule has 4 heteroatoms. The molecule has 2 aromatic rings. The van der Waals surface area contributed by atoms with E-state index in [0.29, 0.717) is 11.0 Å². The maximum atomic E-state index is 6.17. The Morgan fingerprint density at radius 1 is 1.11 bits per heavy atom. The Balaban J connectivity index is 2.60. The lowest BCUT2D eigenvalue weighted by Gasteiger charge is -2.08. The van der Waals surface area contributed by atoms with E-state index in [2.05, 4.69) is 71.5 Å². The van der Waals surface area contributed by atoms with E-state index in [0.717, 1.165) is 21.2 Å². The summed E-state index contributed by atoms with van der Waals surface area (Å²) in [5.41, 5.74) is 4.45. The lowest BCUT2D eigenvalue weighted by molar-refractivity contribution is 0.989. The van der Waals surface area contributed by atoms with Crippen LogP contribution in [0.3, 0.4) is 0 Å². The summed E-state index contributed by atoms with van der Waals surface area (Å²) in [6.07, 6.45) is 0.859. The standard InChI is InChI=1S/C14H14ClIN2/c1-4-11-12(16)13(15)18-14(17-11)10-6-8(2)5-9(3)7-10/h5-7H,4H2,1-3H3. The van der Waals surface area contributed by atoms with Crippen molar-refractivity contribution in [2.75, 3.05) is 0 Å². The molecule has 0 aliphatic carbocycles. The van der Waals surface area contributed by atoms with Gasteiger partial charge in [-0.1, -0.05) is 35.7 Å². The molecule has 0 aliphatic heterocycles. The van der Waals surface area contributed by atoms with Gasteiger partial charge in [0.15, 0.2) is 5.82 Å². The van der Waals surface area contributed by atoms with Crippen LogP contribution in [0.25, 0.3) is 11.4 Å². The first kappa shape index (κ1) is 13.7. The van der Waals surface area contributed by atoms with Gasteiger partial charge in [0.2, 0.25) is 0 Å². The van der Waals surface area contributed by atoms with Crippen LogP contribution in [0.2, 0.25) is 5.15 Å². The van der Waals surface area contributed by atoms with E-state index in [4.69, 9.17) is 11.6 Å². The summed E-state index contributed by atoms with van der Waals surface area (Å²) in [7, 11) is 0. The average Bonchev–Trinajstić information content (AvgIpc) is 2.31. The normalized spacial score (nSPS) is 10.7. The van der Waals surface area contributed by atoms with Crippen molar-refractivity contribution in [2.24, 2.45) is 0 Å². The van der Waals surface area contributed by atoms with Crippen LogP contribution >= 0.6 is 34.2 Å². The number of aryl methyl sites for hydroxylation is 3. The summed E-state index contributed by atoms with van der Waals surface area (Å²) < 4.78 is 0.949.